The average molecular weight is 335 g/mol. The normalized spacial score (nSPS) is 11.3. The molecule has 0 saturated heterocycles. The first-order chi connectivity index (χ1) is 10.5. The predicted molar refractivity (Wildman–Crippen MR) is 96.4 cm³/mol. The SMILES string of the molecule is COc1ccccc1CC(C)N(C)C(=O)c1ccc(N)cc1.Cl. The van der Waals surface area contributed by atoms with E-state index >= 15 is 0 Å². The summed E-state index contributed by atoms with van der Waals surface area (Å²) < 4.78 is 5.37. The number of carbonyl (C=O) groups excluding carboxylic acids is 1. The molecule has 0 spiro atoms. The Morgan fingerprint density at radius 1 is 1.17 bits per heavy atom. The van der Waals surface area contributed by atoms with Crippen LogP contribution in [0.4, 0.5) is 5.69 Å². The molecule has 23 heavy (non-hydrogen) atoms. The third-order valence-electron chi connectivity index (χ3n) is 3.85. The maximum Gasteiger partial charge on any atom is 0.253 e. The van der Waals surface area contributed by atoms with Crippen LogP contribution in [0.1, 0.15) is 22.8 Å². The molecule has 1 unspecified atom stereocenters. The van der Waals surface area contributed by atoms with Crippen LogP contribution in [0, 0.1) is 0 Å². The van der Waals surface area contributed by atoms with E-state index in [-0.39, 0.29) is 24.4 Å². The Morgan fingerprint density at radius 2 is 1.78 bits per heavy atom. The van der Waals surface area contributed by atoms with Crippen molar-refractivity contribution in [3.63, 3.8) is 0 Å². The molecule has 0 aliphatic heterocycles. The molecular weight excluding hydrogens is 312 g/mol. The van der Waals surface area contributed by atoms with Crippen LogP contribution in [0.25, 0.3) is 0 Å². The van der Waals surface area contributed by atoms with Gasteiger partial charge in [0.15, 0.2) is 0 Å². The number of hydrogen-bond acceptors (Lipinski definition) is 3. The van der Waals surface area contributed by atoms with Gasteiger partial charge in [-0.05, 0) is 49.2 Å². The zero-order valence-electron chi connectivity index (χ0n) is 13.7. The highest BCUT2D eigenvalue weighted by Gasteiger charge is 2.18. The summed E-state index contributed by atoms with van der Waals surface area (Å²) in [7, 11) is 3.48. The molecule has 0 aliphatic rings. The smallest absolute Gasteiger partial charge is 0.253 e. The van der Waals surface area contributed by atoms with Crippen LogP contribution < -0.4 is 10.5 Å². The number of rotatable bonds is 5. The monoisotopic (exact) mass is 334 g/mol. The molecule has 0 aromatic heterocycles. The molecule has 2 N–H and O–H groups in total. The van der Waals surface area contributed by atoms with Crippen LogP contribution in [0.15, 0.2) is 48.5 Å². The first-order valence-electron chi connectivity index (χ1n) is 7.27. The number of carbonyl (C=O) groups is 1. The lowest BCUT2D eigenvalue weighted by Crippen LogP contribution is -2.36. The zero-order valence-corrected chi connectivity index (χ0v) is 14.5. The summed E-state index contributed by atoms with van der Waals surface area (Å²) >= 11 is 0. The van der Waals surface area contributed by atoms with Crippen LogP contribution in [-0.2, 0) is 6.42 Å². The van der Waals surface area contributed by atoms with Crippen LogP contribution in [-0.4, -0.2) is 31.0 Å². The first-order valence-corrected chi connectivity index (χ1v) is 7.27. The highest BCUT2D eigenvalue weighted by molar-refractivity contribution is 5.94. The van der Waals surface area contributed by atoms with Gasteiger partial charge in [0.25, 0.3) is 5.91 Å². The summed E-state index contributed by atoms with van der Waals surface area (Å²) in [4.78, 5) is 14.2. The molecule has 0 radical (unpaired) electrons. The fraction of sp³-hybridized carbons (Fsp3) is 0.278. The lowest BCUT2D eigenvalue weighted by molar-refractivity contribution is 0.0743. The van der Waals surface area contributed by atoms with Crippen molar-refractivity contribution in [2.24, 2.45) is 0 Å². The number of nitrogen functional groups attached to an aromatic ring is 1. The predicted octanol–water partition coefficient (Wildman–Crippen LogP) is 3.40. The molecule has 0 saturated carbocycles. The molecule has 124 valence electrons. The van der Waals surface area contributed by atoms with E-state index in [1.807, 2.05) is 38.2 Å². The fourth-order valence-corrected chi connectivity index (χ4v) is 2.36. The van der Waals surface area contributed by atoms with E-state index in [1.165, 1.54) is 0 Å². The Labute approximate surface area is 143 Å². The van der Waals surface area contributed by atoms with Crippen molar-refractivity contribution in [2.45, 2.75) is 19.4 Å². The highest BCUT2D eigenvalue weighted by atomic mass is 35.5. The number of likely N-dealkylation sites (N-methyl/N-ethyl adjacent to an activating group) is 1. The quantitative estimate of drug-likeness (QED) is 0.852. The maximum atomic E-state index is 12.5. The van der Waals surface area contributed by atoms with Gasteiger partial charge < -0.3 is 15.4 Å². The second kappa shape index (κ2) is 8.44. The Bertz CT molecular complexity index is 644. The van der Waals surface area contributed by atoms with Gasteiger partial charge in [0.1, 0.15) is 5.75 Å². The molecule has 2 aromatic rings. The molecular formula is C18H23ClN2O2. The Kier molecular flexibility index (Phi) is 6.91. The van der Waals surface area contributed by atoms with Crippen molar-refractivity contribution >= 4 is 24.0 Å². The lowest BCUT2D eigenvalue weighted by Gasteiger charge is -2.25. The third kappa shape index (κ3) is 4.63. The standard InChI is InChI=1S/C18H22N2O2.ClH/c1-13(12-15-6-4-5-7-17(15)22-3)20(2)18(21)14-8-10-16(19)11-9-14;/h4-11,13H,12,19H2,1-3H3;1H. The van der Waals surface area contributed by atoms with Crippen LogP contribution >= 0.6 is 12.4 Å². The Morgan fingerprint density at radius 3 is 2.39 bits per heavy atom. The maximum absolute atomic E-state index is 12.5. The summed E-state index contributed by atoms with van der Waals surface area (Å²) in [6.45, 7) is 2.03. The van der Waals surface area contributed by atoms with E-state index < -0.39 is 0 Å². The van der Waals surface area contributed by atoms with Gasteiger partial charge >= 0.3 is 0 Å². The molecule has 5 heteroatoms. The minimum Gasteiger partial charge on any atom is -0.496 e. The summed E-state index contributed by atoms with van der Waals surface area (Å²) in [5, 5.41) is 0. The molecule has 2 rings (SSSR count). The van der Waals surface area contributed by atoms with Crippen molar-refractivity contribution < 1.29 is 9.53 Å². The molecule has 0 heterocycles. The lowest BCUT2D eigenvalue weighted by atomic mass is 10.0. The molecule has 1 atom stereocenters. The Balaban J connectivity index is 0.00000264. The molecule has 2 aromatic carbocycles. The highest BCUT2D eigenvalue weighted by Crippen LogP contribution is 2.21. The topological polar surface area (TPSA) is 55.6 Å². The van der Waals surface area contributed by atoms with Gasteiger partial charge in [-0.15, -0.1) is 12.4 Å². The minimum absolute atomic E-state index is 0. The summed E-state index contributed by atoms with van der Waals surface area (Å²) in [5.74, 6) is 0.838. The molecule has 0 fully saturated rings. The first kappa shape index (κ1) is 18.8. The largest absolute Gasteiger partial charge is 0.496 e. The fourth-order valence-electron chi connectivity index (χ4n) is 2.36. The summed E-state index contributed by atoms with van der Waals surface area (Å²) in [6, 6.07) is 14.9. The number of ether oxygens (including phenoxy) is 1. The number of amides is 1. The van der Waals surface area contributed by atoms with Crippen molar-refractivity contribution in [3.8, 4) is 5.75 Å². The van der Waals surface area contributed by atoms with E-state index in [9.17, 15) is 4.79 Å². The van der Waals surface area contributed by atoms with E-state index in [0.717, 1.165) is 17.7 Å². The number of anilines is 1. The van der Waals surface area contributed by atoms with Gasteiger partial charge in [-0.1, -0.05) is 18.2 Å². The number of benzene rings is 2. The van der Waals surface area contributed by atoms with E-state index in [4.69, 9.17) is 10.5 Å². The van der Waals surface area contributed by atoms with Gasteiger partial charge in [0, 0.05) is 24.3 Å². The van der Waals surface area contributed by atoms with Gasteiger partial charge in [0.05, 0.1) is 7.11 Å². The van der Waals surface area contributed by atoms with E-state index in [1.54, 1.807) is 36.3 Å². The number of nitrogens with zero attached hydrogens (tertiary/aromatic N) is 1. The van der Waals surface area contributed by atoms with Crippen LogP contribution in [0.3, 0.4) is 0 Å². The molecule has 0 bridgehead atoms. The number of methoxy groups -OCH3 is 1. The number of hydrogen-bond donors (Lipinski definition) is 1. The molecule has 0 aliphatic carbocycles. The molecule has 4 nitrogen and oxygen atoms in total. The van der Waals surface area contributed by atoms with E-state index in [0.29, 0.717) is 11.3 Å². The second-order valence-corrected chi connectivity index (χ2v) is 5.40. The zero-order chi connectivity index (χ0) is 16.1. The van der Waals surface area contributed by atoms with Crippen LogP contribution in [0.2, 0.25) is 0 Å². The van der Waals surface area contributed by atoms with Gasteiger partial charge in [-0.25, -0.2) is 0 Å². The number of para-hydroxylation sites is 1. The van der Waals surface area contributed by atoms with Crippen molar-refractivity contribution in [3.05, 3.63) is 59.7 Å². The van der Waals surface area contributed by atoms with E-state index in [2.05, 4.69) is 0 Å². The third-order valence-corrected chi connectivity index (χ3v) is 3.85. The molecule has 1 amide bonds. The summed E-state index contributed by atoms with van der Waals surface area (Å²) in [6.07, 6.45) is 0.737. The average Bonchev–Trinajstić information content (AvgIpc) is 2.54. The van der Waals surface area contributed by atoms with Crippen molar-refractivity contribution in [1.82, 2.24) is 4.90 Å². The summed E-state index contributed by atoms with van der Waals surface area (Å²) in [5.41, 5.74) is 8.05. The number of halogens is 1. The van der Waals surface area contributed by atoms with Crippen molar-refractivity contribution in [1.29, 1.82) is 0 Å². The van der Waals surface area contributed by atoms with Gasteiger partial charge in [-0.2, -0.15) is 0 Å². The van der Waals surface area contributed by atoms with Gasteiger partial charge in [-0.3, -0.25) is 4.79 Å². The van der Waals surface area contributed by atoms with Crippen molar-refractivity contribution in [2.75, 3.05) is 19.9 Å². The Hall–Kier alpha value is -2.20. The minimum atomic E-state index is -0.0117. The van der Waals surface area contributed by atoms with Crippen LogP contribution in [0.5, 0.6) is 5.75 Å². The second-order valence-electron chi connectivity index (χ2n) is 5.40. The number of nitrogens with two attached hydrogens (primary N) is 1. The van der Waals surface area contributed by atoms with Gasteiger partial charge in [0.2, 0.25) is 0 Å².